The smallest absolute Gasteiger partial charge is 0.326 e. The van der Waals surface area contributed by atoms with Gasteiger partial charge in [0.25, 0.3) is 0 Å². The van der Waals surface area contributed by atoms with Crippen molar-refractivity contribution in [3.63, 3.8) is 0 Å². The number of carboxylic acid groups (broad SMARTS) is 1. The van der Waals surface area contributed by atoms with E-state index in [9.17, 15) is 34.2 Å². The first-order chi connectivity index (χ1) is 17.0. The van der Waals surface area contributed by atoms with Crippen molar-refractivity contribution in [1.82, 2.24) is 25.9 Å². The zero-order valence-corrected chi connectivity index (χ0v) is 20.1. The molecule has 0 bridgehead atoms. The molecule has 0 spiro atoms. The van der Waals surface area contributed by atoms with Crippen LogP contribution in [0.2, 0.25) is 0 Å². The number of nitrogens with one attached hydrogen (secondary N) is 4. The lowest BCUT2D eigenvalue weighted by Gasteiger charge is -2.26. The van der Waals surface area contributed by atoms with Gasteiger partial charge in [-0.3, -0.25) is 19.2 Å². The molecule has 0 radical (unpaired) electrons. The summed E-state index contributed by atoms with van der Waals surface area (Å²) in [4.78, 5) is 67.3. The zero-order valence-electron chi connectivity index (χ0n) is 20.1. The maximum Gasteiger partial charge on any atom is 0.326 e. The molecule has 0 saturated carbocycles. The lowest BCUT2D eigenvalue weighted by atomic mass is 10.0. The van der Waals surface area contributed by atoms with Gasteiger partial charge in [-0.25, -0.2) is 9.78 Å². The summed E-state index contributed by atoms with van der Waals surface area (Å²) in [7, 11) is 0. The molecule has 4 amide bonds. The molecule has 1 heterocycles. The van der Waals surface area contributed by atoms with Crippen LogP contribution < -0.4 is 33.2 Å². The van der Waals surface area contributed by atoms with Gasteiger partial charge in [-0.15, -0.1) is 0 Å². The fourth-order valence-electron chi connectivity index (χ4n) is 3.21. The second-order valence-corrected chi connectivity index (χ2v) is 8.36. The third-order valence-electron chi connectivity index (χ3n) is 5.27. The van der Waals surface area contributed by atoms with Crippen LogP contribution in [0.25, 0.3) is 0 Å². The quantitative estimate of drug-likeness (QED) is 0.0933. The number of primary amides is 1. The normalized spacial score (nSPS) is 15.1. The second kappa shape index (κ2) is 15.4. The number of nitrogens with two attached hydrogens (primary N) is 3. The van der Waals surface area contributed by atoms with Crippen molar-refractivity contribution < 1.29 is 34.2 Å². The number of H-pyrrole nitrogens is 1. The number of unbranched alkanes of at least 4 members (excludes halogenated alkanes) is 1. The number of imidazole rings is 1. The van der Waals surface area contributed by atoms with E-state index in [1.165, 1.54) is 19.4 Å². The highest BCUT2D eigenvalue weighted by Gasteiger charge is 2.32. The predicted octanol–water partition coefficient (Wildman–Crippen LogP) is -3.41. The van der Waals surface area contributed by atoms with Crippen molar-refractivity contribution >= 4 is 29.6 Å². The predicted molar refractivity (Wildman–Crippen MR) is 127 cm³/mol. The van der Waals surface area contributed by atoms with E-state index >= 15 is 0 Å². The van der Waals surface area contributed by atoms with E-state index in [1.807, 2.05) is 0 Å². The van der Waals surface area contributed by atoms with Gasteiger partial charge in [0.05, 0.1) is 18.5 Å². The number of carboxylic acids is 1. The largest absolute Gasteiger partial charge is 0.480 e. The Morgan fingerprint density at radius 3 is 2.22 bits per heavy atom. The Kier molecular flexibility index (Phi) is 13.1. The topological polar surface area (TPSA) is 269 Å². The molecule has 0 aromatic carbocycles. The number of aromatic amines is 1. The Labute approximate surface area is 207 Å². The number of hydrogen-bond donors (Lipinski definition) is 9. The average Bonchev–Trinajstić information content (AvgIpc) is 3.32. The standard InChI is InChI=1S/C21H36N8O7/c1-11(30)17(29-18(32)13(23)5-6-16(24)31)20(34)27-14(4-2-3-7-22)19(33)28-15(21(35)36)8-12-9-25-10-26-12/h9-11,13-15,17,30H,2-8,22-23H2,1H3,(H2,24,31)(H,25,26)(H,27,34)(H,28,33)(H,29,32)(H,35,36). The fourth-order valence-corrected chi connectivity index (χ4v) is 3.21. The molecule has 1 aromatic rings. The van der Waals surface area contributed by atoms with Crippen LogP contribution in [0.15, 0.2) is 12.5 Å². The van der Waals surface area contributed by atoms with Crippen LogP contribution in [0.1, 0.15) is 44.7 Å². The molecule has 36 heavy (non-hydrogen) atoms. The molecular weight excluding hydrogens is 476 g/mol. The molecule has 12 N–H and O–H groups in total. The minimum atomic E-state index is -1.47. The molecule has 202 valence electrons. The number of aliphatic hydroxyl groups excluding tert-OH is 1. The summed E-state index contributed by atoms with van der Waals surface area (Å²) in [5.74, 6) is -4.38. The summed E-state index contributed by atoms with van der Waals surface area (Å²) in [6.45, 7) is 1.60. The van der Waals surface area contributed by atoms with Crippen LogP contribution in [0.5, 0.6) is 0 Å². The molecule has 15 heteroatoms. The van der Waals surface area contributed by atoms with Crippen LogP contribution in [0.3, 0.4) is 0 Å². The first-order valence-corrected chi connectivity index (χ1v) is 11.5. The van der Waals surface area contributed by atoms with Crippen LogP contribution in [0.4, 0.5) is 0 Å². The molecule has 0 saturated heterocycles. The van der Waals surface area contributed by atoms with Crippen molar-refractivity contribution in [3.8, 4) is 0 Å². The van der Waals surface area contributed by atoms with E-state index in [-0.39, 0.29) is 25.7 Å². The molecule has 0 fully saturated rings. The zero-order chi connectivity index (χ0) is 27.3. The molecule has 1 aromatic heterocycles. The Bertz CT molecular complexity index is 878. The van der Waals surface area contributed by atoms with Crippen molar-refractivity contribution in [1.29, 1.82) is 0 Å². The molecule has 0 aliphatic rings. The van der Waals surface area contributed by atoms with E-state index < -0.39 is 59.9 Å². The highest BCUT2D eigenvalue weighted by atomic mass is 16.4. The first kappa shape index (κ1) is 30.5. The Hall–Kier alpha value is -3.56. The van der Waals surface area contributed by atoms with Crippen LogP contribution >= 0.6 is 0 Å². The van der Waals surface area contributed by atoms with Crippen LogP contribution in [-0.4, -0.2) is 86.6 Å². The number of carbonyl (C=O) groups excluding carboxylic acids is 4. The van der Waals surface area contributed by atoms with Gasteiger partial charge >= 0.3 is 5.97 Å². The Morgan fingerprint density at radius 2 is 1.69 bits per heavy atom. The highest BCUT2D eigenvalue weighted by Crippen LogP contribution is 2.06. The van der Waals surface area contributed by atoms with Gasteiger partial charge in [0.2, 0.25) is 23.6 Å². The summed E-state index contributed by atoms with van der Waals surface area (Å²) in [6, 6.07) is -5.10. The van der Waals surface area contributed by atoms with Gasteiger partial charge in [-0.2, -0.15) is 0 Å². The minimum Gasteiger partial charge on any atom is -0.480 e. The molecule has 1 rings (SSSR count). The Balaban J connectivity index is 2.93. The Morgan fingerprint density at radius 1 is 1.03 bits per heavy atom. The van der Waals surface area contributed by atoms with Gasteiger partial charge in [0.15, 0.2) is 0 Å². The SMILES string of the molecule is CC(O)C(NC(=O)C(N)CCC(N)=O)C(=O)NC(CCCCN)C(=O)NC(Cc1cnc[nH]1)C(=O)O. The van der Waals surface area contributed by atoms with Crippen LogP contribution in [0, 0.1) is 0 Å². The lowest BCUT2D eigenvalue weighted by Crippen LogP contribution is -2.59. The number of carbonyl (C=O) groups is 5. The third-order valence-corrected chi connectivity index (χ3v) is 5.27. The number of aliphatic carboxylic acids is 1. The van der Waals surface area contributed by atoms with Crippen molar-refractivity contribution in [2.24, 2.45) is 17.2 Å². The molecular formula is C21H36N8O7. The van der Waals surface area contributed by atoms with Gasteiger partial charge in [-0.05, 0) is 39.2 Å². The molecule has 5 atom stereocenters. The van der Waals surface area contributed by atoms with E-state index in [4.69, 9.17) is 17.2 Å². The van der Waals surface area contributed by atoms with Gasteiger partial charge in [0.1, 0.15) is 18.1 Å². The summed E-state index contributed by atoms with van der Waals surface area (Å²) >= 11 is 0. The number of aliphatic hydroxyl groups is 1. The van der Waals surface area contributed by atoms with Gasteiger partial charge < -0.3 is 48.3 Å². The average molecular weight is 513 g/mol. The highest BCUT2D eigenvalue weighted by molar-refractivity contribution is 5.94. The second-order valence-electron chi connectivity index (χ2n) is 8.36. The van der Waals surface area contributed by atoms with E-state index in [0.29, 0.717) is 25.1 Å². The number of nitrogens with zero attached hydrogens (tertiary/aromatic N) is 1. The minimum absolute atomic E-state index is 0.0632. The maximum atomic E-state index is 12.9. The van der Waals surface area contributed by atoms with Gasteiger partial charge in [-0.1, -0.05) is 0 Å². The summed E-state index contributed by atoms with van der Waals surface area (Å²) < 4.78 is 0. The summed E-state index contributed by atoms with van der Waals surface area (Å²) in [6.07, 6.45) is 2.27. The van der Waals surface area contributed by atoms with E-state index in [1.54, 1.807) is 0 Å². The maximum absolute atomic E-state index is 12.9. The van der Waals surface area contributed by atoms with Crippen molar-refractivity contribution in [3.05, 3.63) is 18.2 Å². The van der Waals surface area contributed by atoms with E-state index in [2.05, 4.69) is 25.9 Å². The summed E-state index contributed by atoms with van der Waals surface area (Å²) in [5.41, 5.74) is 16.7. The fraction of sp³-hybridized carbons (Fsp3) is 0.619. The molecule has 5 unspecified atom stereocenters. The molecule has 0 aliphatic heterocycles. The first-order valence-electron chi connectivity index (χ1n) is 11.5. The van der Waals surface area contributed by atoms with Gasteiger partial charge in [0, 0.05) is 24.7 Å². The van der Waals surface area contributed by atoms with Crippen molar-refractivity contribution in [2.45, 2.75) is 75.7 Å². The number of rotatable bonds is 17. The number of amides is 4. The number of hydrogen-bond acceptors (Lipinski definition) is 9. The van der Waals surface area contributed by atoms with Crippen LogP contribution in [-0.2, 0) is 30.4 Å². The summed E-state index contributed by atoms with van der Waals surface area (Å²) in [5, 5.41) is 26.7. The molecule has 0 aliphatic carbocycles. The van der Waals surface area contributed by atoms with E-state index in [0.717, 1.165) is 0 Å². The molecule has 15 nitrogen and oxygen atoms in total. The monoisotopic (exact) mass is 512 g/mol. The lowest BCUT2D eigenvalue weighted by molar-refractivity contribution is -0.142. The number of aromatic nitrogens is 2. The van der Waals surface area contributed by atoms with Crippen molar-refractivity contribution in [2.75, 3.05) is 6.54 Å². The third kappa shape index (κ3) is 10.8.